The third-order valence-corrected chi connectivity index (χ3v) is 6.35. The van der Waals surface area contributed by atoms with Crippen LogP contribution < -0.4 is 15.0 Å². The van der Waals surface area contributed by atoms with Gasteiger partial charge in [-0.25, -0.2) is 23.3 Å². The first kappa shape index (κ1) is 22.5. The third-order valence-electron chi connectivity index (χ3n) is 6.35. The molecule has 3 atom stereocenters. The lowest BCUT2D eigenvalue weighted by molar-refractivity contribution is -0.142. The Balaban J connectivity index is 1.40. The van der Waals surface area contributed by atoms with E-state index >= 15 is 0 Å². The van der Waals surface area contributed by atoms with E-state index in [0.717, 1.165) is 49.6 Å². The van der Waals surface area contributed by atoms with Crippen LogP contribution in [0.3, 0.4) is 0 Å². The van der Waals surface area contributed by atoms with Crippen molar-refractivity contribution in [3.63, 3.8) is 0 Å². The lowest BCUT2D eigenvalue weighted by Gasteiger charge is -2.38. The summed E-state index contributed by atoms with van der Waals surface area (Å²) in [4.78, 5) is 14.9. The van der Waals surface area contributed by atoms with Crippen LogP contribution in [-0.2, 0) is 6.18 Å². The molecule has 182 valence electrons. The zero-order valence-electron chi connectivity index (χ0n) is 18.1. The van der Waals surface area contributed by atoms with Crippen molar-refractivity contribution < 1.29 is 26.7 Å². The largest absolute Gasteiger partial charge is 0.484 e. The van der Waals surface area contributed by atoms with Gasteiger partial charge < -0.3 is 15.0 Å². The summed E-state index contributed by atoms with van der Waals surface area (Å²) in [7, 11) is 0. The number of piperidine rings is 1. The zero-order valence-corrected chi connectivity index (χ0v) is 18.1. The van der Waals surface area contributed by atoms with E-state index in [2.05, 4.69) is 30.3 Å². The summed E-state index contributed by atoms with van der Waals surface area (Å²) in [5.41, 5.74) is -0.458. The van der Waals surface area contributed by atoms with E-state index in [1.807, 2.05) is 13.0 Å². The molecule has 1 aliphatic heterocycles. The maximum atomic E-state index is 13.5. The van der Waals surface area contributed by atoms with E-state index in [9.17, 15) is 22.0 Å². The van der Waals surface area contributed by atoms with Crippen LogP contribution in [0.25, 0.3) is 5.65 Å². The summed E-state index contributed by atoms with van der Waals surface area (Å²) in [6.07, 6.45) is -4.05. The van der Waals surface area contributed by atoms with Crippen LogP contribution in [0.15, 0.2) is 24.5 Å². The van der Waals surface area contributed by atoms with E-state index in [1.54, 1.807) is 0 Å². The molecule has 2 bridgehead atoms. The zero-order chi connectivity index (χ0) is 24.0. The number of pyridine rings is 1. The SMILES string of the molecule is Cc1cc(N2C[C@H]3CC[C@@H](C2)C3Nc2nc3c(OCC(F)F)ccc(C(F)(F)F)n3n2)ncn1. The Bertz CT molecular complexity index is 1170. The second-order valence-electron chi connectivity index (χ2n) is 8.64. The molecule has 34 heavy (non-hydrogen) atoms. The lowest BCUT2D eigenvalue weighted by Crippen LogP contribution is -2.48. The molecule has 13 heteroatoms. The number of ether oxygens (including phenoxy) is 1. The highest BCUT2D eigenvalue weighted by atomic mass is 19.4. The average Bonchev–Trinajstić information content (AvgIpc) is 3.28. The van der Waals surface area contributed by atoms with Crippen molar-refractivity contribution in [1.29, 1.82) is 0 Å². The summed E-state index contributed by atoms with van der Waals surface area (Å²) in [5, 5.41) is 7.23. The van der Waals surface area contributed by atoms with Gasteiger partial charge in [0, 0.05) is 30.9 Å². The van der Waals surface area contributed by atoms with Gasteiger partial charge >= 0.3 is 6.18 Å². The van der Waals surface area contributed by atoms with E-state index in [-0.39, 0.29) is 35.2 Å². The van der Waals surface area contributed by atoms with Crippen LogP contribution in [-0.4, -0.2) is 56.7 Å². The third kappa shape index (κ3) is 4.30. The maximum Gasteiger partial charge on any atom is 0.433 e. The fraction of sp³-hybridized carbons (Fsp3) is 0.524. The molecule has 1 N–H and O–H groups in total. The normalized spacial score (nSPS) is 22.6. The first-order valence-corrected chi connectivity index (χ1v) is 10.9. The van der Waals surface area contributed by atoms with Crippen molar-refractivity contribution in [1.82, 2.24) is 24.6 Å². The Hall–Kier alpha value is -3.25. The number of rotatable bonds is 6. The molecule has 3 aromatic rings. The van der Waals surface area contributed by atoms with Crippen molar-refractivity contribution in [3.8, 4) is 5.75 Å². The molecular formula is C21H22F5N7O. The number of nitrogens with one attached hydrogen (secondary N) is 1. The summed E-state index contributed by atoms with van der Waals surface area (Å²) in [6.45, 7) is 2.41. The molecule has 2 fully saturated rings. The van der Waals surface area contributed by atoms with E-state index in [1.165, 1.54) is 6.33 Å². The number of alkyl halides is 5. The summed E-state index contributed by atoms with van der Waals surface area (Å²) in [5.74, 6) is 1.11. The summed E-state index contributed by atoms with van der Waals surface area (Å²) in [6, 6.07) is 3.64. The van der Waals surface area contributed by atoms with Gasteiger partial charge in [-0.05, 0) is 43.7 Å². The molecule has 0 spiro atoms. The minimum atomic E-state index is -4.70. The molecule has 1 saturated heterocycles. The second-order valence-corrected chi connectivity index (χ2v) is 8.64. The van der Waals surface area contributed by atoms with Crippen LogP contribution in [0.2, 0.25) is 0 Å². The van der Waals surface area contributed by atoms with E-state index in [0.29, 0.717) is 4.52 Å². The van der Waals surface area contributed by atoms with Crippen molar-refractivity contribution in [2.24, 2.45) is 11.8 Å². The van der Waals surface area contributed by atoms with Gasteiger partial charge in [0.25, 0.3) is 6.43 Å². The van der Waals surface area contributed by atoms with Crippen LogP contribution >= 0.6 is 0 Å². The Labute approximate surface area is 191 Å². The standard InChI is InChI=1S/C21H22F5N7O/c1-11-6-17(28-10-27-11)32-7-12-2-3-13(8-32)18(12)29-20-30-19-14(34-9-16(22)23)4-5-15(21(24,25)26)33(19)31-20/h4-6,10,12-13,16,18H,2-3,7-9H2,1H3,(H,29,31)/t12-,13+,18?. The number of aryl methyl sites for hydroxylation is 1. The topological polar surface area (TPSA) is 80.5 Å². The highest BCUT2D eigenvalue weighted by molar-refractivity contribution is 5.57. The van der Waals surface area contributed by atoms with Crippen molar-refractivity contribution in [3.05, 3.63) is 35.9 Å². The molecule has 0 radical (unpaired) electrons. The fourth-order valence-corrected chi connectivity index (χ4v) is 4.89. The predicted octanol–water partition coefficient (Wildman–Crippen LogP) is 3.82. The Morgan fingerprint density at radius 1 is 1.15 bits per heavy atom. The molecule has 5 rings (SSSR count). The number of anilines is 2. The van der Waals surface area contributed by atoms with Crippen LogP contribution in [0.5, 0.6) is 5.75 Å². The second kappa shape index (κ2) is 8.51. The molecule has 2 aliphatic rings. The van der Waals surface area contributed by atoms with Gasteiger partial charge in [-0.2, -0.15) is 18.2 Å². The molecular weight excluding hydrogens is 461 g/mol. The van der Waals surface area contributed by atoms with Crippen LogP contribution in [0.4, 0.5) is 33.7 Å². The monoisotopic (exact) mass is 483 g/mol. The van der Waals surface area contributed by atoms with Crippen molar-refractivity contribution in [2.75, 3.05) is 29.9 Å². The van der Waals surface area contributed by atoms with Crippen molar-refractivity contribution in [2.45, 2.75) is 38.4 Å². The number of halogens is 5. The molecule has 0 aromatic carbocycles. The number of aromatic nitrogens is 5. The Morgan fingerprint density at radius 2 is 1.88 bits per heavy atom. The van der Waals surface area contributed by atoms with Gasteiger partial charge in [-0.3, -0.25) is 0 Å². The van der Waals surface area contributed by atoms with E-state index < -0.39 is 24.9 Å². The lowest BCUT2D eigenvalue weighted by atomic mass is 9.92. The first-order valence-electron chi connectivity index (χ1n) is 10.9. The smallest absolute Gasteiger partial charge is 0.433 e. The van der Waals surface area contributed by atoms with Crippen LogP contribution in [0.1, 0.15) is 24.2 Å². The van der Waals surface area contributed by atoms with Gasteiger partial charge in [0.05, 0.1) is 0 Å². The quantitative estimate of drug-likeness (QED) is 0.534. The number of hydrogen-bond acceptors (Lipinski definition) is 7. The minimum Gasteiger partial charge on any atom is -0.484 e. The number of fused-ring (bicyclic) bond motifs is 3. The maximum absolute atomic E-state index is 13.5. The van der Waals surface area contributed by atoms with Gasteiger partial charge in [0.15, 0.2) is 11.4 Å². The fourth-order valence-electron chi connectivity index (χ4n) is 4.89. The number of hydrogen-bond donors (Lipinski definition) is 1. The Kier molecular flexibility index (Phi) is 5.64. The van der Waals surface area contributed by atoms with Gasteiger partial charge in [0.2, 0.25) is 5.95 Å². The van der Waals surface area contributed by atoms with Crippen molar-refractivity contribution >= 4 is 17.4 Å². The van der Waals surface area contributed by atoms with Gasteiger partial charge in [-0.1, -0.05) is 0 Å². The summed E-state index contributed by atoms with van der Waals surface area (Å²) >= 11 is 0. The molecule has 8 nitrogen and oxygen atoms in total. The predicted molar refractivity (Wildman–Crippen MR) is 112 cm³/mol. The highest BCUT2D eigenvalue weighted by Gasteiger charge is 2.43. The molecule has 1 unspecified atom stereocenters. The number of nitrogens with zero attached hydrogens (tertiary/aromatic N) is 6. The molecule has 0 amide bonds. The Morgan fingerprint density at radius 3 is 2.53 bits per heavy atom. The minimum absolute atomic E-state index is 0.00632. The molecule has 1 saturated carbocycles. The van der Waals surface area contributed by atoms with Crippen LogP contribution in [0, 0.1) is 18.8 Å². The van der Waals surface area contributed by atoms with Gasteiger partial charge in [-0.15, -0.1) is 5.10 Å². The average molecular weight is 483 g/mol. The van der Waals surface area contributed by atoms with E-state index in [4.69, 9.17) is 4.74 Å². The molecule has 1 aliphatic carbocycles. The molecule has 4 heterocycles. The first-order chi connectivity index (χ1) is 16.2. The van der Waals surface area contributed by atoms with Gasteiger partial charge in [0.1, 0.15) is 24.4 Å². The molecule has 3 aromatic heterocycles. The summed E-state index contributed by atoms with van der Waals surface area (Å²) < 4.78 is 71.3. The highest BCUT2D eigenvalue weighted by Crippen LogP contribution is 2.40.